The van der Waals surface area contributed by atoms with Crippen LogP contribution in [0.3, 0.4) is 0 Å². The maximum Gasteiger partial charge on any atom is 0.233 e. The van der Waals surface area contributed by atoms with Gasteiger partial charge in [0.05, 0.1) is 24.0 Å². The second-order valence-corrected chi connectivity index (χ2v) is 5.69. The molecule has 0 aromatic carbocycles. The predicted octanol–water partition coefficient (Wildman–Crippen LogP) is 1.71. The first-order valence-electron chi connectivity index (χ1n) is 7.10. The van der Waals surface area contributed by atoms with E-state index in [2.05, 4.69) is 0 Å². The van der Waals surface area contributed by atoms with Gasteiger partial charge in [-0.3, -0.25) is 14.5 Å². The molecule has 4 nitrogen and oxygen atoms in total. The fourth-order valence-electron chi connectivity index (χ4n) is 3.15. The molecule has 2 rings (SSSR count). The van der Waals surface area contributed by atoms with Gasteiger partial charge in [-0.2, -0.15) is 0 Å². The number of fused-ring (bicyclic) bond motifs is 1. The van der Waals surface area contributed by atoms with Crippen LogP contribution in [0.2, 0.25) is 0 Å². The molecule has 1 saturated heterocycles. The molecule has 2 fully saturated rings. The lowest BCUT2D eigenvalue weighted by molar-refractivity contribution is -0.144. The minimum absolute atomic E-state index is 0.0509. The summed E-state index contributed by atoms with van der Waals surface area (Å²) in [7, 11) is 0. The molecule has 0 radical (unpaired) electrons. The summed E-state index contributed by atoms with van der Waals surface area (Å²) in [6.07, 6.45) is 4.89. The van der Waals surface area contributed by atoms with Crippen molar-refractivity contribution in [3.63, 3.8) is 0 Å². The van der Waals surface area contributed by atoms with Gasteiger partial charge >= 0.3 is 0 Å². The van der Waals surface area contributed by atoms with Crippen LogP contribution in [0.4, 0.5) is 0 Å². The monoisotopic (exact) mass is 253 g/mol. The van der Waals surface area contributed by atoms with Crippen molar-refractivity contribution >= 4 is 11.8 Å². The Morgan fingerprint density at radius 2 is 1.56 bits per heavy atom. The van der Waals surface area contributed by atoms with Crippen molar-refractivity contribution in [1.29, 1.82) is 0 Å². The molecule has 4 heteroatoms. The van der Waals surface area contributed by atoms with Crippen molar-refractivity contribution in [2.45, 2.75) is 58.0 Å². The van der Waals surface area contributed by atoms with Crippen molar-refractivity contribution in [2.75, 3.05) is 6.54 Å². The fourth-order valence-corrected chi connectivity index (χ4v) is 3.15. The van der Waals surface area contributed by atoms with Crippen molar-refractivity contribution in [1.82, 2.24) is 4.90 Å². The molecular weight excluding hydrogens is 230 g/mol. The smallest absolute Gasteiger partial charge is 0.233 e. The van der Waals surface area contributed by atoms with Gasteiger partial charge < -0.3 is 5.11 Å². The second-order valence-electron chi connectivity index (χ2n) is 5.69. The van der Waals surface area contributed by atoms with Crippen LogP contribution >= 0.6 is 0 Å². The fraction of sp³-hybridized carbons (Fsp3) is 0.857. The number of β-amino-alcohol motifs (C(OH)–C–C–N with tert-alkyl or cyclic N) is 1. The summed E-state index contributed by atoms with van der Waals surface area (Å²) in [5.41, 5.74) is -0.918. The first-order valence-corrected chi connectivity index (χ1v) is 7.10. The molecule has 2 unspecified atom stereocenters. The summed E-state index contributed by atoms with van der Waals surface area (Å²) in [4.78, 5) is 25.8. The summed E-state index contributed by atoms with van der Waals surface area (Å²) < 4.78 is 0. The molecule has 1 aliphatic heterocycles. The van der Waals surface area contributed by atoms with Crippen LogP contribution in [-0.4, -0.2) is 34.0 Å². The van der Waals surface area contributed by atoms with E-state index in [1.54, 1.807) is 0 Å². The third-order valence-electron chi connectivity index (χ3n) is 4.70. The first-order chi connectivity index (χ1) is 8.52. The van der Waals surface area contributed by atoms with Crippen LogP contribution in [0.5, 0.6) is 0 Å². The van der Waals surface area contributed by atoms with Crippen LogP contribution < -0.4 is 0 Å². The van der Waals surface area contributed by atoms with E-state index < -0.39 is 5.60 Å². The molecule has 1 aliphatic carbocycles. The molecule has 1 N–H and O–H groups in total. The molecule has 0 spiro atoms. The van der Waals surface area contributed by atoms with Crippen LogP contribution in [0.15, 0.2) is 0 Å². The zero-order valence-electron chi connectivity index (χ0n) is 11.3. The average molecular weight is 253 g/mol. The Morgan fingerprint density at radius 1 is 1.11 bits per heavy atom. The molecular formula is C14H23NO3. The zero-order valence-corrected chi connectivity index (χ0v) is 11.3. The van der Waals surface area contributed by atoms with Crippen molar-refractivity contribution in [3.05, 3.63) is 0 Å². The van der Waals surface area contributed by atoms with Crippen LogP contribution in [0, 0.1) is 11.8 Å². The van der Waals surface area contributed by atoms with E-state index in [9.17, 15) is 14.7 Å². The van der Waals surface area contributed by atoms with Gasteiger partial charge in [-0.05, 0) is 25.7 Å². The minimum atomic E-state index is -0.918. The number of aliphatic hydroxyl groups is 1. The summed E-state index contributed by atoms with van der Waals surface area (Å²) >= 11 is 0. The number of carbonyl (C=O) groups is 2. The van der Waals surface area contributed by atoms with Crippen molar-refractivity contribution < 1.29 is 14.7 Å². The van der Waals surface area contributed by atoms with Crippen LogP contribution in [0.25, 0.3) is 0 Å². The molecule has 1 saturated carbocycles. The number of carbonyl (C=O) groups excluding carboxylic acids is 2. The van der Waals surface area contributed by atoms with Gasteiger partial charge in [-0.25, -0.2) is 0 Å². The SMILES string of the molecule is CCC(O)(CC)CN1C(=O)C2CCCCC2C1=O. The number of amides is 2. The van der Waals surface area contributed by atoms with Crippen molar-refractivity contribution in [3.8, 4) is 0 Å². The maximum atomic E-state index is 12.3. The van der Waals surface area contributed by atoms with E-state index in [1.165, 1.54) is 4.90 Å². The summed E-state index contributed by atoms with van der Waals surface area (Å²) in [6.45, 7) is 3.95. The number of hydrogen-bond acceptors (Lipinski definition) is 3. The molecule has 2 aliphatic rings. The van der Waals surface area contributed by atoms with Gasteiger partial charge in [0.2, 0.25) is 11.8 Å². The van der Waals surface area contributed by atoms with Crippen LogP contribution in [-0.2, 0) is 9.59 Å². The number of imide groups is 1. The highest BCUT2D eigenvalue weighted by Crippen LogP contribution is 2.38. The Balaban J connectivity index is 2.14. The molecule has 0 bridgehead atoms. The summed E-state index contributed by atoms with van der Waals surface area (Å²) in [6, 6.07) is 0. The summed E-state index contributed by atoms with van der Waals surface area (Å²) in [5, 5.41) is 10.3. The lowest BCUT2D eigenvalue weighted by Gasteiger charge is -2.29. The van der Waals surface area contributed by atoms with Gasteiger partial charge in [-0.1, -0.05) is 26.7 Å². The molecule has 0 aromatic heterocycles. The molecule has 2 amide bonds. The number of nitrogens with zero attached hydrogens (tertiary/aromatic N) is 1. The highest BCUT2D eigenvalue weighted by atomic mass is 16.3. The number of hydrogen-bond donors (Lipinski definition) is 1. The van der Waals surface area contributed by atoms with E-state index in [1.807, 2.05) is 13.8 Å². The van der Waals surface area contributed by atoms with Gasteiger partial charge in [0.25, 0.3) is 0 Å². The van der Waals surface area contributed by atoms with Crippen LogP contribution in [0.1, 0.15) is 52.4 Å². The van der Waals surface area contributed by atoms with E-state index in [-0.39, 0.29) is 30.2 Å². The van der Waals surface area contributed by atoms with Gasteiger partial charge in [0.1, 0.15) is 0 Å². The van der Waals surface area contributed by atoms with E-state index in [4.69, 9.17) is 0 Å². The topological polar surface area (TPSA) is 57.6 Å². The maximum absolute atomic E-state index is 12.3. The Kier molecular flexibility index (Phi) is 3.76. The Hall–Kier alpha value is -0.900. The first kappa shape index (κ1) is 13.5. The lowest BCUT2D eigenvalue weighted by Crippen LogP contribution is -2.45. The Bertz CT molecular complexity index is 325. The Labute approximate surface area is 108 Å². The largest absolute Gasteiger partial charge is 0.388 e. The highest BCUT2D eigenvalue weighted by molar-refractivity contribution is 6.05. The third kappa shape index (κ3) is 2.18. The minimum Gasteiger partial charge on any atom is -0.388 e. The molecule has 2 atom stereocenters. The standard InChI is InChI=1S/C14H23NO3/c1-3-14(18,4-2)9-15-12(16)10-7-5-6-8-11(10)13(15)17/h10-11,18H,3-9H2,1-2H3. The molecule has 0 aromatic rings. The van der Waals surface area contributed by atoms with E-state index >= 15 is 0 Å². The number of likely N-dealkylation sites (tertiary alicyclic amines) is 1. The summed E-state index contributed by atoms with van der Waals surface area (Å²) in [5.74, 6) is -0.316. The van der Waals surface area contributed by atoms with Gasteiger partial charge in [0.15, 0.2) is 0 Å². The quantitative estimate of drug-likeness (QED) is 0.776. The normalized spacial score (nSPS) is 28.7. The second kappa shape index (κ2) is 5.00. The van der Waals surface area contributed by atoms with E-state index in [0.29, 0.717) is 12.8 Å². The Morgan fingerprint density at radius 3 is 1.94 bits per heavy atom. The molecule has 18 heavy (non-hydrogen) atoms. The van der Waals surface area contributed by atoms with Gasteiger partial charge in [0, 0.05) is 0 Å². The zero-order chi connectivity index (χ0) is 13.3. The van der Waals surface area contributed by atoms with Gasteiger partial charge in [-0.15, -0.1) is 0 Å². The predicted molar refractivity (Wildman–Crippen MR) is 67.7 cm³/mol. The third-order valence-corrected chi connectivity index (χ3v) is 4.70. The van der Waals surface area contributed by atoms with E-state index in [0.717, 1.165) is 25.7 Å². The molecule has 1 heterocycles. The average Bonchev–Trinajstić information content (AvgIpc) is 2.64. The lowest BCUT2D eigenvalue weighted by atomic mass is 9.81. The molecule has 102 valence electrons. The van der Waals surface area contributed by atoms with Crippen molar-refractivity contribution in [2.24, 2.45) is 11.8 Å². The number of rotatable bonds is 4. The highest BCUT2D eigenvalue weighted by Gasteiger charge is 2.49.